The zero-order valence-corrected chi connectivity index (χ0v) is 12.5. The highest BCUT2D eigenvalue weighted by Crippen LogP contribution is 2.57. The maximum absolute atomic E-state index is 6.25. The van der Waals surface area contributed by atoms with E-state index in [4.69, 9.17) is 17.2 Å². The van der Waals surface area contributed by atoms with Gasteiger partial charge in [0.1, 0.15) is 0 Å². The average molecular weight is 261 g/mol. The first-order valence-corrected chi connectivity index (χ1v) is 6.97. The highest BCUT2D eigenvalue weighted by atomic mass is 15.0. The molecule has 0 spiro atoms. The smallest absolute Gasteiger partial charge is 0.0647 e. The molecule has 2 rings (SSSR count). The van der Waals surface area contributed by atoms with Gasteiger partial charge in [-0.1, -0.05) is 39.8 Å². The van der Waals surface area contributed by atoms with Crippen LogP contribution in [0.4, 0.5) is 5.69 Å². The fourth-order valence-corrected chi connectivity index (χ4v) is 4.61. The quantitative estimate of drug-likeness (QED) is 0.537. The summed E-state index contributed by atoms with van der Waals surface area (Å²) < 4.78 is 0. The summed E-state index contributed by atoms with van der Waals surface area (Å²) in [6.45, 7) is 9.07. The number of nitrogens with two attached hydrogens (primary N) is 3. The summed E-state index contributed by atoms with van der Waals surface area (Å²) >= 11 is 0. The van der Waals surface area contributed by atoms with Gasteiger partial charge in [0.05, 0.1) is 5.66 Å². The Bertz CT molecular complexity index is 437. The Morgan fingerprint density at radius 2 is 1.32 bits per heavy atom. The molecule has 1 aromatic carbocycles. The highest BCUT2D eigenvalue weighted by Gasteiger charge is 2.51. The van der Waals surface area contributed by atoms with E-state index in [2.05, 4.69) is 39.8 Å². The van der Waals surface area contributed by atoms with Crippen molar-refractivity contribution in [3.63, 3.8) is 0 Å². The molecule has 0 unspecified atom stereocenters. The van der Waals surface area contributed by atoms with Crippen LogP contribution in [0.2, 0.25) is 0 Å². The van der Waals surface area contributed by atoms with E-state index < -0.39 is 5.66 Å². The van der Waals surface area contributed by atoms with E-state index in [1.54, 1.807) is 0 Å². The number of nitrogen functional groups attached to an aromatic ring is 1. The normalized spacial score (nSPS) is 25.2. The molecule has 1 saturated carbocycles. The summed E-state index contributed by atoms with van der Waals surface area (Å²) in [4.78, 5) is 0. The minimum Gasteiger partial charge on any atom is -0.399 e. The van der Waals surface area contributed by atoms with Crippen LogP contribution in [0.3, 0.4) is 0 Å². The molecule has 3 heteroatoms. The fraction of sp³-hybridized carbons (Fsp3) is 0.625. The molecule has 0 atom stereocenters. The molecule has 1 fully saturated rings. The van der Waals surface area contributed by atoms with Crippen LogP contribution in [-0.4, -0.2) is 5.66 Å². The molecule has 0 radical (unpaired) electrons. The van der Waals surface area contributed by atoms with Gasteiger partial charge >= 0.3 is 0 Å². The van der Waals surface area contributed by atoms with Gasteiger partial charge in [-0.3, -0.25) is 0 Å². The third-order valence-corrected chi connectivity index (χ3v) is 4.40. The number of rotatable bonds is 1. The summed E-state index contributed by atoms with van der Waals surface area (Å²) in [5.41, 5.74) is 20.0. The van der Waals surface area contributed by atoms with Crippen molar-refractivity contribution >= 4 is 5.69 Å². The molecule has 1 aromatic rings. The monoisotopic (exact) mass is 261 g/mol. The van der Waals surface area contributed by atoms with Gasteiger partial charge < -0.3 is 17.2 Å². The van der Waals surface area contributed by atoms with Crippen LogP contribution < -0.4 is 17.2 Å². The Labute approximate surface area is 116 Å². The standard InChI is InChI=1S/C16H27N3/c1-14(2)9-16(18,19)10-15(3,4)13(14)11-5-7-12(17)8-6-11/h5-8,13H,9-10,17-19H2,1-4H3. The minimum absolute atomic E-state index is 0.0708. The van der Waals surface area contributed by atoms with E-state index in [-0.39, 0.29) is 10.8 Å². The van der Waals surface area contributed by atoms with Crippen LogP contribution in [0, 0.1) is 10.8 Å². The van der Waals surface area contributed by atoms with Crippen molar-refractivity contribution < 1.29 is 0 Å². The Morgan fingerprint density at radius 1 is 0.895 bits per heavy atom. The Hall–Kier alpha value is -1.06. The molecular weight excluding hydrogens is 234 g/mol. The Kier molecular flexibility index (Phi) is 3.19. The molecular formula is C16H27N3. The van der Waals surface area contributed by atoms with E-state index >= 15 is 0 Å². The van der Waals surface area contributed by atoms with Crippen molar-refractivity contribution in [2.24, 2.45) is 22.3 Å². The third-order valence-electron chi connectivity index (χ3n) is 4.40. The van der Waals surface area contributed by atoms with Crippen molar-refractivity contribution in [1.82, 2.24) is 0 Å². The zero-order chi connectivity index (χ0) is 14.5. The molecule has 1 aliphatic carbocycles. The third kappa shape index (κ3) is 2.77. The lowest BCUT2D eigenvalue weighted by Crippen LogP contribution is -2.60. The van der Waals surface area contributed by atoms with E-state index in [1.165, 1.54) is 5.56 Å². The number of hydrogen-bond donors (Lipinski definition) is 3. The van der Waals surface area contributed by atoms with Crippen molar-refractivity contribution in [3.05, 3.63) is 29.8 Å². The van der Waals surface area contributed by atoms with Gasteiger partial charge in [-0.05, 0) is 47.3 Å². The zero-order valence-electron chi connectivity index (χ0n) is 12.5. The fourth-order valence-electron chi connectivity index (χ4n) is 4.61. The number of anilines is 1. The molecule has 6 N–H and O–H groups in total. The average Bonchev–Trinajstić information content (AvgIpc) is 2.14. The van der Waals surface area contributed by atoms with Gasteiger partial charge in [-0.15, -0.1) is 0 Å². The lowest BCUT2D eigenvalue weighted by Gasteiger charge is -2.55. The van der Waals surface area contributed by atoms with Crippen LogP contribution in [0.5, 0.6) is 0 Å². The highest BCUT2D eigenvalue weighted by molar-refractivity contribution is 5.41. The van der Waals surface area contributed by atoms with Crippen molar-refractivity contribution in [1.29, 1.82) is 0 Å². The van der Waals surface area contributed by atoms with Gasteiger partial charge in [0.2, 0.25) is 0 Å². The predicted octanol–water partition coefficient (Wildman–Crippen LogP) is 2.81. The molecule has 3 nitrogen and oxygen atoms in total. The second kappa shape index (κ2) is 4.22. The number of hydrogen-bond acceptors (Lipinski definition) is 3. The van der Waals surface area contributed by atoms with Gasteiger partial charge in [-0.25, -0.2) is 0 Å². The summed E-state index contributed by atoms with van der Waals surface area (Å²) in [6, 6.07) is 8.25. The molecule has 0 bridgehead atoms. The first kappa shape index (κ1) is 14.4. The molecule has 0 amide bonds. The van der Waals surface area contributed by atoms with Crippen LogP contribution in [0.1, 0.15) is 52.0 Å². The lowest BCUT2D eigenvalue weighted by molar-refractivity contribution is 0.0183. The Balaban J connectivity index is 2.45. The van der Waals surface area contributed by atoms with E-state index in [9.17, 15) is 0 Å². The lowest BCUT2D eigenvalue weighted by atomic mass is 9.52. The first-order chi connectivity index (χ1) is 8.54. The molecule has 0 saturated heterocycles. The summed E-state index contributed by atoms with van der Waals surface area (Å²) in [5, 5.41) is 0. The summed E-state index contributed by atoms with van der Waals surface area (Å²) in [7, 11) is 0. The van der Waals surface area contributed by atoms with Gasteiger partial charge in [0, 0.05) is 5.69 Å². The number of benzene rings is 1. The minimum atomic E-state index is -0.572. The van der Waals surface area contributed by atoms with Gasteiger partial charge in [0.15, 0.2) is 0 Å². The molecule has 0 aliphatic heterocycles. The second-order valence-electron chi connectivity index (χ2n) is 7.66. The van der Waals surface area contributed by atoms with Gasteiger partial charge in [0.25, 0.3) is 0 Å². The van der Waals surface area contributed by atoms with Crippen molar-refractivity contribution in [2.45, 2.75) is 52.1 Å². The molecule has 0 aromatic heterocycles. The summed E-state index contributed by atoms with van der Waals surface area (Å²) in [5.74, 6) is 0.431. The van der Waals surface area contributed by atoms with E-state index in [0.29, 0.717) is 5.92 Å². The molecule has 19 heavy (non-hydrogen) atoms. The topological polar surface area (TPSA) is 78.1 Å². The van der Waals surface area contributed by atoms with Crippen LogP contribution in [0.25, 0.3) is 0 Å². The molecule has 1 aliphatic rings. The first-order valence-electron chi connectivity index (χ1n) is 6.97. The second-order valence-corrected chi connectivity index (χ2v) is 7.66. The van der Waals surface area contributed by atoms with Crippen LogP contribution >= 0.6 is 0 Å². The predicted molar refractivity (Wildman–Crippen MR) is 81.5 cm³/mol. The van der Waals surface area contributed by atoms with Crippen molar-refractivity contribution in [3.8, 4) is 0 Å². The van der Waals surface area contributed by atoms with Crippen LogP contribution in [0.15, 0.2) is 24.3 Å². The maximum Gasteiger partial charge on any atom is 0.0647 e. The maximum atomic E-state index is 6.25. The van der Waals surface area contributed by atoms with Crippen LogP contribution in [-0.2, 0) is 0 Å². The largest absolute Gasteiger partial charge is 0.399 e. The van der Waals surface area contributed by atoms with E-state index in [0.717, 1.165) is 18.5 Å². The SMILES string of the molecule is CC1(C)CC(N)(N)CC(C)(C)C1c1ccc(N)cc1. The van der Waals surface area contributed by atoms with Crippen molar-refractivity contribution in [2.75, 3.05) is 5.73 Å². The molecule has 0 heterocycles. The summed E-state index contributed by atoms with van der Waals surface area (Å²) in [6.07, 6.45) is 1.66. The van der Waals surface area contributed by atoms with E-state index in [1.807, 2.05) is 12.1 Å². The Morgan fingerprint density at radius 3 is 1.74 bits per heavy atom. The molecule has 106 valence electrons. The van der Waals surface area contributed by atoms with Gasteiger partial charge in [-0.2, -0.15) is 0 Å².